The van der Waals surface area contributed by atoms with Gasteiger partial charge in [-0.25, -0.2) is 0 Å². The number of hydrogen-bond donors (Lipinski definition) is 4. The highest BCUT2D eigenvalue weighted by molar-refractivity contribution is 8.00. The minimum Gasteiger partial charge on any atom is -0.481 e. The van der Waals surface area contributed by atoms with E-state index in [2.05, 4.69) is 39.0 Å². The standard InChI is InChI=1S/C41H71NO8S/c1-4-6-7-8-9-10-11-12-13-17-20-23-28-38(37(44)27-25-29-39(45)46)51-33-36(42)41(48)50-32-35(43)31-49-40(47)30-24-21-18-15-14-16-19-22-26-34(3)5-2/h9-10,12-13,17,20,23,28,34-38,43-44H,4-8,11,14-16,18-19,21-22,24-27,29-33,42H2,1-3H3,(H,45,46)/b10-9-,13-12-,20-17+,28-23+/t34?,35-,36-,37-,38+/m0/s1. The Bertz CT molecular complexity index is 998. The predicted molar refractivity (Wildman–Crippen MR) is 211 cm³/mol. The molecule has 0 aliphatic carbocycles. The van der Waals surface area contributed by atoms with Gasteiger partial charge in [-0.2, -0.15) is 0 Å². The Kier molecular flexibility index (Phi) is 33.0. The zero-order valence-corrected chi connectivity index (χ0v) is 32.7. The fourth-order valence-corrected chi connectivity index (χ4v) is 6.22. The van der Waals surface area contributed by atoms with Crippen LogP contribution in [-0.4, -0.2) is 75.7 Å². The first-order valence-corrected chi connectivity index (χ1v) is 20.6. The highest BCUT2D eigenvalue weighted by atomic mass is 32.2. The van der Waals surface area contributed by atoms with Crippen LogP contribution in [0.15, 0.2) is 48.6 Å². The molecule has 0 aromatic heterocycles. The summed E-state index contributed by atoms with van der Waals surface area (Å²) in [4.78, 5) is 35.5. The van der Waals surface area contributed by atoms with E-state index in [0.717, 1.165) is 38.0 Å². The number of nitrogens with two attached hydrogens (primary N) is 1. The highest BCUT2D eigenvalue weighted by Gasteiger charge is 2.23. The number of esters is 2. The van der Waals surface area contributed by atoms with Crippen molar-refractivity contribution in [3.05, 3.63) is 48.6 Å². The Labute approximate surface area is 313 Å². The minimum absolute atomic E-state index is 0.0434. The van der Waals surface area contributed by atoms with E-state index in [1.807, 2.05) is 24.3 Å². The molecule has 0 radical (unpaired) electrons. The molecule has 0 aromatic rings. The molecule has 0 spiro atoms. The van der Waals surface area contributed by atoms with Crippen LogP contribution < -0.4 is 5.73 Å². The van der Waals surface area contributed by atoms with Gasteiger partial charge in [-0.1, -0.05) is 140 Å². The van der Waals surface area contributed by atoms with Gasteiger partial charge in [-0.05, 0) is 44.4 Å². The Morgan fingerprint density at radius 2 is 1.41 bits per heavy atom. The summed E-state index contributed by atoms with van der Waals surface area (Å²) in [5, 5.41) is 29.4. The van der Waals surface area contributed by atoms with Crippen molar-refractivity contribution in [2.45, 2.75) is 166 Å². The molecule has 10 heteroatoms. The molecule has 0 aliphatic heterocycles. The fourth-order valence-electron chi connectivity index (χ4n) is 5.09. The second kappa shape index (κ2) is 34.7. The maximum absolute atomic E-state index is 12.5. The van der Waals surface area contributed by atoms with Gasteiger partial charge in [-0.3, -0.25) is 14.4 Å². The summed E-state index contributed by atoms with van der Waals surface area (Å²) in [5.41, 5.74) is 6.04. The van der Waals surface area contributed by atoms with Gasteiger partial charge in [-0.15, -0.1) is 11.8 Å². The van der Waals surface area contributed by atoms with Crippen LogP contribution in [0.3, 0.4) is 0 Å². The third kappa shape index (κ3) is 32.0. The van der Waals surface area contributed by atoms with Crippen molar-refractivity contribution in [2.24, 2.45) is 11.7 Å². The van der Waals surface area contributed by atoms with Crippen molar-refractivity contribution in [3.8, 4) is 0 Å². The van der Waals surface area contributed by atoms with E-state index in [0.29, 0.717) is 12.8 Å². The van der Waals surface area contributed by atoms with E-state index >= 15 is 0 Å². The number of thioether (sulfide) groups is 1. The Morgan fingerprint density at radius 1 is 0.745 bits per heavy atom. The molecule has 0 aliphatic rings. The first kappa shape index (κ1) is 48.6. The quantitative estimate of drug-likeness (QED) is 0.0218. The van der Waals surface area contributed by atoms with Crippen molar-refractivity contribution in [1.82, 2.24) is 0 Å². The molecule has 0 saturated heterocycles. The Hall–Kier alpha value is -2.40. The van der Waals surface area contributed by atoms with Gasteiger partial charge >= 0.3 is 17.9 Å². The summed E-state index contributed by atoms with van der Waals surface area (Å²) in [6.45, 7) is 6.14. The number of aliphatic hydroxyl groups is 2. The molecule has 1 unspecified atom stereocenters. The minimum atomic E-state index is -1.16. The van der Waals surface area contributed by atoms with Gasteiger partial charge < -0.3 is 30.5 Å². The summed E-state index contributed by atoms with van der Waals surface area (Å²) < 4.78 is 10.3. The topological polar surface area (TPSA) is 156 Å². The van der Waals surface area contributed by atoms with Crippen LogP contribution in [0.2, 0.25) is 0 Å². The van der Waals surface area contributed by atoms with Gasteiger partial charge in [0.25, 0.3) is 0 Å². The fraction of sp³-hybridized carbons (Fsp3) is 0.732. The van der Waals surface area contributed by atoms with E-state index in [1.54, 1.807) is 6.08 Å². The number of rotatable bonds is 34. The van der Waals surface area contributed by atoms with Crippen LogP contribution in [0.1, 0.15) is 143 Å². The number of aliphatic hydroxyl groups excluding tert-OH is 2. The van der Waals surface area contributed by atoms with E-state index < -0.39 is 35.4 Å². The molecule has 294 valence electrons. The first-order chi connectivity index (χ1) is 24.6. The zero-order valence-electron chi connectivity index (χ0n) is 31.9. The summed E-state index contributed by atoms with van der Waals surface area (Å²) in [5.74, 6) is -1.05. The lowest BCUT2D eigenvalue weighted by Gasteiger charge is -2.21. The molecular weight excluding hydrogens is 667 g/mol. The number of carbonyl (C=O) groups excluding carboxylic acids is 2. The molecule has 5 atom stereocenters. The third-order valence-corrected chi connectivity index (χ3v) is 10.0. The van der Waals surface area contributed by atoms with E-state index in [-0.39, 0.29) is 37.8 Å². The van der Waals surface area contributed by atoms with Gasteiger partial charge in [0.15, 0.2) is 0 Å². The van der Waals surface area contributed by atoms with Crippen LogP contribution in [0, 0.1) is 5.92 Å². The van der Waals surface area contributed by atoms with Crippen molar-refractivity contribution in [1.29, 1.82) is 0 Å². The summed E-state index contributed by atoms with van der Waals surface area (Å²) in [6.07, 6.45) is 31.9. The maximum atomic E-state index is 12.5. The van der Waals surface area contributed by atoms with Gasteiger partial charge in [0, 0.05) is 23.8 Å². The summed E-state index contributed by atoms with van der Waals surface area (Å²) in [6, 6.07) is -1.01. The number of hydrogen-bond acceptors (Lipinski definition) is 9. The van der Waals surface area contributed by atoms with Crippen molar-refractivity contribution >= 4 is 29.7 Å². The second-order valence-corrected chi connectivity index (χ2v) is 14.7. The lowest BCUT2D eigenvalue weighted by molar-refractivity contribution is -0.153. The highest BCUT2D eigenvalue weighted by Crippen LogP contribution is 2.22. The smallest absolute Gasteiger partial charge is 0.323 e. The number of unbranched alkanes of at least 4 members (excludes halogenated alkanes) is 10. The first-order valence-electron chi connectivity index (χ1n) is 19.5. The molecule has 0 amide bonds. The lowest BCUT2D eigenvalue weighted by atomic mass is 9.99. The molecular formula is C41H71NO8S. The maximum Gasteiger partial charge on any atom is 0.323 e. The van der Waals surface area contributed by atoms with E-state index in [4.69, 9.17) is 20.3 Å². The zero-order chi connectivity index (χ0) is 38.0. The number of carbonyl (C=O) groups is 3. The number of carboxylic acid groups (broad SMARTS) is 1. The largest absolute Gasteiger partial charge is 0.481 e. The molecule has 0 saturated carbocycles. The van der Waals surface area contributed by atoms with Crippen LogP contribution in [0.25, 0.3) is 0 Å². The monoisotopic (exact) mass is 737 g/mol. The Morgan fingerprint density at radius 3 is 2.10 bits per heavy atom. The Balaban J connectivity index is 4.43. The molecule has 0 heterocycles. The second-order valence-electron chi connectivity index (χ2n) is 13.5. The number of carboxylic acids is 1. The summed E-state index contributed by atoms with van der Waals surface area (Å²) >= 11 is 1.27. The van der Waals surface area contributed by atoms with Crippen molar-refractivity contribution in [2.75, 3.05) is 19.0 Å². The number of ether oxygens (including phenoxy) is 2. The normalized spacial score (nSPS) is 15.1. The average molecular weight is 738 g/mol. The van der Waals surface area contributed by atoms with E-state index in [1.165, 1.54) is 76.0 Å². The van der Waals surface area contributed by atoms with Gasteiger partial charge in [0.2, 0.25) is 0 Å². The molecule has 51 heavy (non-hydrogen) atoms. The molecule has 0 aromatic carbocycles. The van der Waals surface area contributed by atoms with Crippen LogP contribution >= 0.6 is 11.8 Å². The van der Waals surface area contributed by atoms with Gasteiger partial charge in [0.05, 0.1) is 6.10 Å². The third-order valence-electron chi connectivity index (χ3n) is 8.60. The van der Waals surface area contributed by atoms with Crippen LogP contribution in [0.5, 0.6) is 0 Å². The number of allylic oxidation sites excluding steroid dienone is 7. The molecule has 0 rings (SSSR count). The molecule has 9 nitrogen and oxygen atoms in total. The van der Waals surface area contributed by atoms with Crippen molar-refractivity contribution in [3.63, 3.8) is 0 Å². The molecule has 5 N–H and O–H groups in total. The number of aliphatic carboxylic acids is 1. The van der Waals surface area contributed by atoms with Crippen LogP contribution in [-0.2, 0) is 23.9 Å². The SMILES string of the molecule is CCCCC/C=C\C\C=C/C=C/C=C/[C@@H](SC[C@H](N)C(=O)OC[C@@H](O)COC(=O)CCCCCCCCCCC(C)CC)[C@@H](O)CCCC(=O)O. The molecule has 0 fully saturated rings. The average Bonchev–Trinajstić information content (AvgIpc) is 3.11. The molecule has 0 bridgehead atoms. The van der Waals surface area contributed by atoms with Crippen LogP contribution in [0.4, 0.5) is 0 Å². The predicted octanol–water partition coefficient (Wildman–Crippen LogP) is 8.62. The van der Waals surface area contributed by atoms with Gasteiger partial charge in [0.1, 0.15) is 25.4 Å². The van der Waals surface area contributed by atoms with Crippen molar-refractivity contribution < 1.29 is 39.2 Å². The van der Waals surface area contributed by atoms with E-state index in [9.17, 15) is 24.6 Å². The summed E-state index contributed by atoms with van der Waals surface area (Å²) in [7, 11) is 0. The lowest BCUT2D eigenvalue weighted by Crippen LogP contribution is -2.38.